The number of aromatic nitrogens is 4. The summed E-state index contributed by atoms with van der Waals surface area (Å²) >= 11 is 0. The fourth-order valence-electron chi connectivity index (χ4n) is 3.92. The predicted octanol–water partition coefficient (Wildman–Crippen LogP) is 2.45. The highest BCUT2D eigenvalue weighted by Gasteiger charge is 2.14. The summed E-state index contributed by atoms with van der Waals surface area (Å²) in [5.74, 6) is 0.619. The minimum absolute atomic E-state index is 0.0611. The van der Waals surface area contributed by atoms with E-state index >= 15 is 0 Å². The van der Waals surface area contributed by atoms with Gasteiger partial charge in [0, 0.05) is 68.1 Å². The average molecular weight is 407 g/mol. The number of pyridine rings is 1. The third kappa shape index (κ3) is 4.09. The molecule has 30 heavy (non-hydrogen) atoms. The van der Waals surface area contributed by atoms with Crippen LogP contribution in [-0.4, -0.2) is 56.6 Å². The van der Waals surface area contributed by atoms with Gasteiger partial charge in [0.2, 0.25) is 5.95 Å². The molecule has 3 aromatic heterocycles. The predicted molar refractivity (Wildman–Crippen MR) is 122 cm³/mol. The van der Waals surface area contributed by atoms with Crippen molar-refractivity contribution in [3.8, 4) is 0 Å². The fourth-order valence-corrected chi connectivity index (χ4v) is 3.92. The third-order valence-electron chi connectivity index (χ3n) is 5.42. The highest BCUT2D eigenvalue weighted by molar-refractivity contribution is 6.06. The molecule has 1 unspecified atom stereocenters. The Labute approximate surface area is 176 Å². The van der Waals surface area contributed by atoms with Gasteiger partial charge in [-0.05, 0) is 25.5 Å². The zero-order valence-electron chi connectivity index (χ0n) is 17.7. The Balaban J connectivity index is 1.54. The van der Waals surface area contributed by atoms with Crippen molar-refractivity contribution < 1.29 is 0 Å². The Hall–Kier alpha value is -3.13. The van der Waals surface area contributed by atoms with E-state index in [2.05, 4.69) is 56.1 Å². The Kier molecular flexibility index (Phi) is 6.13. The smallest absolute Gasteiger partial charge is 0.225 e. The van der Waals surface area contributed by atoms with Gasteiger partial charge in [-0.15, -0.1) is 0 Å². The maximum Gasteiger partial charge on any atom is 0.225 e. The van der Waals surface area contributed by atoms with Gasteiger partial charge in [-0.25, -0.2) is 4.98 Å². The summed E-state index contributed by atoms with van der Waals surface area (Å²) in [6, 6.07) is 2.09. The number of nitrogens with zero attached hydrogens (tertiary/aromatic N) is 5. The van der Waals surface area contributed by atoms with Crippen LogP contribution in [0.4, 0.5) is 5.95 Å². The van der Waals surface area contributed by atoms with Crippen LogP contribution in [0, 0.1) is 0 Å². The van der Waals surface area contributed by atoms with Crippen LogP contribution in [0.15, 0.2) is 48.7 Å². The Bertz CT molecular complexity index is 1060. The molecule has 1 fully saturated rings. The van der Waals surface area contributed by atoms with E-state index in [9.17, 15) is 0 Å². The van der Waals surface area contributed by atoms with Gasteiger partial charge < -0.3 is 25.8 Å². The van der Waals surface area contributed by atoms with Crippen LogP contribution in [0.25, 0.3) is 21.9 Å². The number of nitrogens with two attached hydrogens (primary N) is 1. The van der Waals surface area contributed by atoms with Crippen molar-refractivity contribution in [1.82, 2.24) is 29.7 Å². The third-order valence-corrected chi connectivity index (χ3v) is 5.42. The lowest BCUT2D eigenvalue weighted by Gasteiger charge is -2.30. The first kappa shape index (κ1) is 20.2. The lowest BCUT2D eigenvalue weighted by atomic mass is 10.2. The molecule has 8 heteroatoms. The second-order valence-corrected chi connectivity index (χ2v) is 7.60. The van der Waals surface area contributed by atoms with Crippen molar-refractivity contribution in [3.05, 3.63) is 48.7 Å². The summed E-state index contributed by atoms with van der Waals surface area (Å²) in [6.07, 6.45) is 12.5. The summed E-state index contributed by atoms with van der Waals surface area (Å²) in [6.45, 7) is 9.04. The van der Waals surface area contributed by atoms with E-state index in [0.29, 0.717) is 5.95 Å². The quantitative estimate of drug-likeness (QED) is 0.519. The number of anilines is 1. The van der Waals surface area contributed by atoms with Gasteiger partial charge in [0.1, 0.15) is 5.65 Å². The molecule has 0 aliphatic carbocycles. The van der Waals surface area contributed by atoms with E-state index in [1.807, 2.05) is 24.7 Å². The van der Waals surface area contributed by atoms with Gasteiger partial charge in [0.05, 0.1) is 17.4 Å². The van der Waals surface area contributed by atoms with E-state index in [1.165, 1.54) is 0 Å². The van der Waals surface area contributed by atoms with Gasteiger partial charge in [-0.2, -0.15) is 4.98 Å². The van der Waals surface area contributed by atoms with Crippen molar-refractivity contribution in [2.24, 2.45) is 5.73 Å². The number of rotatable bonds is 7. The van der Waals surface area contributed by atoms with Crippen LogP contribution in [0.2, 0.25) is 0 Å². The topological polar surface area (TPSA) is 96.9 Å². The summed E-state index contributed by atoms with van der Waals surface area (Å²) in [4.78, 5) is 16.0. The summed E-state index contributed by atoms with van der Waals surface area (Å²) in [5.41, 5.74) is 8.94. The molecule has 158 valence electrons. The number of hydrogen-bond acceptors (Lipinski definition) is 7. The second-order valence-electron chi connectivity index (χ2n) is 7.60. The van der Waals surface area contributed by atoms with Crippen molar-refractivity contribution in [2.45, 2.75) is 32.9 Å². The van der Waals surface area contributed by atoms with E-state index in [1.54, 1.807) is 6.20 Å². The summed E-state index contributed by atoms with van der Waals surface area (Å²) < 4.78 is 2.23. The maximum atomic E-state index is 5.86. The number of aryl methyl sites for hydroxylation is 1. The molecular weight excluding hydrogens is 376 g/mol. The molecule has 4 rings (SSSR count). The van der Waals surface area contributed by atoms with Crippen LogP contribution in [0.1, 0.15) is 20.3 Å². The largest absolute Gasteiger partial charge is 0.403 e. The minimum Gasteiger partial charge on any atom is -0.403 e. The monoisotopic (exact) mass is 406 g/mol. The Morgan fingerprint density at radius 1 is 1.30 bits per heavy atom. The molecule has 0 bridgehead atoms. The molecule has 4 heterocycles. The molecule has 0 radical (unpaired) electrons. The standard InChI is InChI=1S/C22H30N8/c1-3-10-30-20-15-25-7-6-18(20)19-14-26-22(28-21(19)30)27-16(2)4-5-17(13-23)29-11-8-24-9-12-29/h4-7,13-16,24H,3,8-12,23H2,1-2H3,(H,26,27,28)/b5-4-,17-13+. The van der Waals surface area contributed by atoms with Crippen molar-refractivity contribution >= 4 is 27.9 Å². The van der Waals surface area contributed by atoms with Crippen molar-refractivity contribution in [1.29, 1.82) is 0 Å². The normalized spacial score (nSPS) is 16.6. The van der Waals surface area contributed by atoms with Crippen LogP contribution >= 0.6 is 0 Å². The summed E-state index contributed by atoms with van der Waals surface area (Å²) in [7, 11) is 0. The molecule has 1 aliphatic heterocycles. The molecule has 1 saturated heterocycles. The van der Waals surface area contributed by atoms with E-state index in [-0.39, 0.29) is 6.04 Å². The van der Waals surface area contributed by atoms with Crippen molar-refractivity contribution in [3.63, 3.8) is 0 Å². The molecule has 3 aromatic rings. The minimum atomic E-state index is 0.0611. The lowest BCUT2D eigenvalue weighted by Crippen LogP contribution is -2.42. The molecule has 1 aliphatic rings. The number of allylic oxidation sites excluding steroid dienone is 1. The first-order chi connectivity index (χ1) is 14.7. The number of nitrogens with one attached hydrogen (secondary N) is 2. The average Bonchev–Trinajstić information content (AvgIpc) is 3.08. The Morgan fingerprint density at radius 2 is 2.13 bits per heavy atom. The highest BCUT2D eigenvalue weighted by atomic mass is 15.2. The zero-order valence-corrected chi connectivity index (χ0v) is 17.7. The molecule has 8 nitrogen and oxygen atoms in total. The molecule has 0 aromatic carbocycles. The molecular formula is C22H30N8. The fraction of sp³-hybridized carbons (Fsp3) is 0.409. The van der Waals surface area contributed by atoms with E-state index in [0.717, 1.165) is 66.8 Å². The molecule has 0 spiro atoms. The second kappa shape index (κ2) is 9.13. The van der Waals surface area contributed by atoms with E-state index in [4.69, 9.17) is 10.7 Å². The maximum absolute atomic E-state index is 5.86. The van der Waals surface area contributed by atoms with Gasteiger partial charge in [-0.3, -0.25) is 4.98 Å². The van der Waals surface area contributed by atoms with Crippen LogP contribution in [0.3, 0.4) is 0 Å². The van der Waals surface area contributed by atoms with Gasteiger partial charge in [0.25, 0.3) is 0 Å². The van der Waals surface area contributed by atoms with Crippen LogP contribution in [-0.2, 0) is 6.54 Å². The highest BCUT2D eigenvalue weighted by Crippen LogP contribution is 2.27. The van der Waals surface area contributed by atoms with Crippen LogP contribution < -0.4 is 16.4 Å². The molecule has 0 saturated carbocycles. The SMILES string of the molecule is CCCn1c2cnccc2c2cnc(NC(C)/C=C\C(=C/N)N3CCNCC3)nc21. The zero-order chi connectivity index (χ0) is 20.9. The van der Waals surface area contributed by atoms with Crippen LogP contribution in [0.5, 0.6) is 0 Å². The number of piperazine rings is 1. The van der Waals surface area contributed by atoms with Gasteiger partial charge in [0.15, 0.2) is 0 Å². The first-order valence-corrected chi connectivity index (χ1v) is 10.6. The van der Waals surface area contributed by atoms with Gasteiger partial charge >= 0.3 is 0 Å². The molecule has 1 atom stereocenters. The lowest BCUT2D eigenvalue weighted by molar-refractivity contribution is 0.306. The van der Waals surface area contributed by atoms with Crippen molar-refractivity contribution in [2.75, 3.05) is 31.5 Å². The molecule has 4 N–H and O–H groups in total. The summed E-state index contributed by atoms with van der Waals surface area (Å²) in [5, 5.41) is 8.95. The first-order valence-electron chi connectivity index (χ1n) is 10.6. The Morgan fingerprint density at radius 3 is 2.90 bits per heavy atom. The number of hydrogen-bond donors (Lipinski definition) is 3. The molecule has 0 amide bonds. The van der Waals surface area contributed by atoms with Gasteiger partial charge in [-0.1, -0.05) is 13.0 Å². The van der Waals surface area contributed by atoms with E-state index < -0.39 is 0 Å². The number of fused-ring (bicyclic) bond motifs is 3.